The zero-order chi connectivity index (χ0) is 13.5. The summed E-state index contributed by atoms with van der Waals surface area (Å²) in [7, 11) is 0. The van der Waals surface area contributed by atoms with Crippen molar-refractivity contribution in [2.45, 2.75) is 25.3 Å². The highest BCUT2D eigenvalue weighted by atomic mass is 35.5. The van der Waals surface area contributed by atoms with Crippen LogP contribution in [0.15, 0.2) is 22.8 Å². The Kier molecular flexibility index (Phi) is 7.11. The van der Waals surface area contributed by atoms with Crippen LogP contribution in [0.25, 0.3) is 0 Å². The summed E-state index contributed by atoms with van der Waals surface area (Å²) in [4.78, 5) is 23.1. The molecule has 20 heavy (non-hydrogen) atoms. The number of carbonyl (C=O) groups excluding carboxylic acids is 2. The lowest BCUT2D eigenvalue weighted by Crippen LogP contribution is -2.38. The molecule has 6 nitrogen and oxygen atoms in total. The first-order valence-electron chi connectivity index (χ1n) is 6.57. The van der Waals surface area contributed by atoms with Crippen molar-refractivity contribution < 1.29 is 14.0 Å². The van der Waals surface area contributed by atoms with Crippen molar-refractivity contribution in [3.63, 3.8) is 0 Å². The van der Waals surface area contributed by atoms with Crippen molar-refractivity contribution >= 4 is 24.2 Å². The Labute approximate surface area is 124 Å². The van der Waals surface area contributed by atoms with Crippen LogP contribution in [0.3, 0.4) is 0 Å². The van der Waals surface area contributed by atoms with E-state index in [0.717, 1.165) is 13.0 Å². The fourth-order valence-corrected chi connectivity index (χ4v) is 2.04. The first-order chi connectivity index (χ1) is 9.25. The van der Waals surface area contributed by atoms with Gasteiger partial charge < -0.3 is 20.4 Å². The van der Waals surface area contributed by atoms with Gasteiger partial charge in [0.25, 0.3) is 5.91 Å². The molecule has 1 atom stereocenters. The molecule has 2 heterocycles. The maximum atomic E-state index is 11.6. The minimum absolute atomic E-state index is 0. The molecule has 1 aliphatic rings. The topological polar surface area (TPSA) is 83.4 Å². The van der Waals surface area contributed by atoms with Crippen LogP contribution in [0, 0.1) is 0 Å². The fraction of sp³-hybridized carbons (Fsp3) is 0.538. The lowest BCUT2D eigenvalue weighted by Gasteiger charge is -2.11. The quantitative estimate of drug-likeness (QED) is 0.722. The molecule has 2 rings (SSSR count). The molecule has 0 radical (unpaired) electrons. The monoisotopic (exact) mass is 301 g/mol. The molecule has 0 spiro atoms. The fourth-order valence-electron chi connectivity index (χ4n) is 2.04. The van der Waals surface area contributed by atoms with Gasteiger partial charge in [-0.2, -0.15) is 0 Å². The predicted molar refractivity (Wildman–Crippen MR) is 76.9 cm³/mol. The zero-order valence-electron chi connectivity index (χ0n) is 11.2. The van der Waals surface area contributed by atoms with E-state index in [4.69, 9.17) is 4.42 Å². The predicted octanol–water partition coefficient (Wildman–Crippen LogP) is 0.689. The Morgan fingerprint density at radius 3 is 2.90 bits per heavy atom. The first-order valence-corrected chi connectivity index (χ1v) is 6.57. The third-order valence-corrected chi connectivity index (χ3v) is 3.09. The molecule has 0 aromatic carbocycles. The van der Waals surface area contributed by atoms with Gasteiger partial charge in [-0.3, -0.25) is 9.59 Å². The SMILES string of the molecule is Cl.O=C(CCNC(=O)c1ccco1)NCC1CCCN1. The third kappa shape index (κ3) is 5.22. The van der Waals surface area contributed by atoms with Gasteiger partial charge in [-0.1, -0.05) is 0 Å². The average molecular weight is 302 g/mol. The van der Waals surface area contributed by atoms with Gasteiger partial charge in [-0.15, -0.1) is 12.4 Å². The lowest BCUT2D eigenvalue weighted by atomic mass is 10.2. The number of rotatable bonds is 6. The van der Waals surface area contributed by atoms with E-state index in [1.54, 1.807) is 12.1 Å². The number of halogens is 1. The van der Waals surface area contributed by atoms with Crippen LogP contribution in [0.5, 0.6) is 0 Å². The summed E-state index contributed by atoms with van der Waals surface area (Å²) in [6.07, 6.45) is 3.99. The number of amides is 2. The van der Waals surface area contributed by atoms with Crippen molar-refractivity contribution in [1.82, 2.24) is 16.0 Å². The third-order valence-electron chi connectivity index (χ3n) is 3.09. The summed E-state index contributed by atoms with van der Waals surface area (Å²) in [6, 6.07) is 3.62. The smallest absolute Gasteiger partial charge is 0.286 e. The van der Waals surface area contributed by atoms with Gasteiger partial charge in [0.2, 0.25) is 5.91 Å². The molecule has 1 aromatic heterocycles. The number of hydrogen-bond donors (Lipinski definition) is 3. The van der Waals surface area contributed by atoms with Crippen molar-refractivity contribution in [3.05, 3.63) is 24.2 Å². The van der Waals surface area contributed by atoms with Crippen molar-refractivity contribution in [3.8, 4) is 0 Å². The number of furan rings is 1. The molecular weight excluding hydrogens is 282 g/mol. The first kappa shape index (κ1) is 16.5. The maximum Gasteiger partial charge on any atom is 0.286 e. The summed E-state index contributed by atoms with van der Waals surface area (Å²) in [5.41, 5.74) is 0. The van der Waals surface area contributed by atoms with E-state index in [1.165, 1.54) is 12.7 Å². The Morgan fingerprint density at radius 2 is 2.25 bits per heavy atom. The van der Waals surface area contributed by atoms with Gasteiger partial charge in [0.15, 0.2) is 5.76 Å². The molecule has 1 aromatic rings. The van der Waals surface area contributed by atoms with E-state index >= 15 is 0 Å². The molecule has 0 bridgehead atoms. The van der Waals surface area contributed by atoms with Crippen LogP contribution >= 0.6 is 12.4 Å². The highest BCUT2D eigenvalue weighted by molar-refractivity contribution is 5.91. The lowest BCUT2D eigenvalue weighted by molar-refractivity contribution is -0.121. The Hall–Kier alpha value is -1.53. The minimum Gasteiger partial charge on any atom is -0.459 e. The molecule has 0 saturated carbocycles. The Morgan fingerprint density at radius 1 is 1.40 bits per heavy atom. The molecule has 1 saturated heterocycles. The molecule has 1 unspecified atom stereocenters. The second kappa shape index (κ2) is 8.60. The number of nitrogens with one attached hydrogen (secondary N) is 3. The molecule has 7 heteroatoms. The van der Waals surface area contributed by atoms with Crippen molar-refractivity contribution in [1.29, 1.82) is 0 Å². The molecule has 0 aliphatic carbocycles. The van der Waals surface area contributed by atoms with Crippen LogP contribution in [0.1, 0.15) is 29.8 Å². The summed E-state index contributed by atoms with van der Waals surface area (Å²) < 4.78 is 4.95. The molecular formula is C13H20ClN3O3. The van der Waals surface area contributed by atoms with Crippen LogP contribution in [0.2, 0.25) is 0 Å². The molecule has 1 fully saturated rings. The Balaban J connectivity index is 0.00000200. The van der Waals surface area contributed by atoms with Crippen LogP contribution in [0.4, 0.5) is 0 Å². The molecule has 2 amide bonds. The van der Waals surface area contributed by atoms with Crippen LogP contribution in [-0.4, -0.2) is 37.5 Å². The zero-order valence-corrected chi connectivity index (χ0v) is 12.0. The van der Waals surface area contributed by atoms with E-state index < -0.39 is 0 Å². The Bertz CT molecular complexity index is 417. The highest BCUT2D eigenvalue weighted by Gasteiger charge is 2.14. The maximum absolute atomic E-state index is 11.6. The summed E-state index contributed by atoms with van der Waals surface area (Å²) in [6.45, 7) is 1.99. The normalized spacial score (nSPS) is 17.3. The van der Waals surface area contributed by atoms with Gasteiger partial charge in [-0.25, -0.2) is 0 Å². The number of carbonyl (C=O) groups is 2. The molecule has 3 N–H and O–H groups in total. The summed E-state index contributed by atoms with van der Waals surface area (Å²) in [5.74, 6) is -0.0840. The summed E-state index contributed by atoms with van der Waals surface area (Å²) >= 11 is 0. The van der Waals surface area contributed by atoms with Crippen molar-refractivity contribution in [2.24, 2.45) is 0 Å². The largest absolute Gasteiger partial charge is 0.459 e. The van der Waals surface area contributed by atoms with Crippen LogP contribution in [-0.2, 0) is 4.79 Å². The van der Waals surface area contributed by atoms with Gasteiger partial charge in [0.1, 0.15) is 0 Å². The standard InChI is InChI=1S/C13H19N3O3.ClH/c17-12(16-9-10-3-1-6-14-10)5-7-15-13(18)11-4-2-8-19-11;/h2,4,8,10,14H,1,3,5-7,9H2,(H,15,18)(H,16,17);1H. The van der Waals surface area contributed by atoms with E-state index in [1.807, 2.05) is 0 Å². The van der Waals surface area contributed by atoms with E-state index in [2.05, 4.69) is 16.0 Å². The van der Waals surface area contributed by atoms with Gasteiger partial charge in [0.05, 0.1) is 6.26 Å². The second-order valence-corrected chi connectivity index (χ2v) is 4.58. The highest BCUT2D eigenvalue weighted by Crippen LogP contribution is 2.03. The van der Waals surface area contributed by atoms with Crippen LogP contribution < -0.4 is 16.0 Å². The van der Waals surface area contributed by atoms with Gasteiger partial charge in [0, 0.05) is 25.6 Å². The van der Waals surface area contributed by atoms with E-state index in [9.17, 15) is 9.59 Å². The van der Waals surface area contributed by atoms with Gasteiger partial charge in [-0.05, 0) is 31.5 Å². The summed E-state index contributed by atoms with van der Waals surface area (Å²) in [5, 5.41) is 8.80. The van der Waals surface area contributed by atoms with Crippen molar-refractivity contribution in [2.75, 3.05) is 19.6 Å². The van der Waals surface area contributed by atoms with E-state index in [0.29, 0.717) is 19.1 Å². The molecule has 112 valence electrons. The van der Waals surface area contributed by atoms with Gasteiger partial charge >= 0.3 is 0 Å². The second-order valence-electron chi connectivity index (χ2n) is 4.58. The van der Waals surface area contributed by atoms with E-state index in [-0.39, 0.29) is 36.4 Å². The number of hydrogen-bond acceptors (Lipinski definition) is 4. The average Bonchev–Trinajstić information content (AvgIpc) is 3.09. The minimum atomic E-state index is -0.296. The molecule has 1 aliphatic heterocycles.